The summed E-state index contributed by atoms with van der Waals surface area (Å²) in [6.07, 6.45) is 1.98. The maximum Gasteiger partial charge on any atom is 0.262 e. The predicted octanol–water partition coefficient (Wildman–Crippen LogP) is 3.34. The topological polar surface area (TPSA) is 75.3 Å². The van der Waals surface area contributed by atoms with Crippen LogP contribution in [0.25, 0.3) is 0 Å². The van der Waals surface area contributed by atoms with Gasteiger partial charge >= 0.3 is 0 Å². The van der Waals surface area contributed by atoms with Crippen molar-refractivity contribution in [2.45, 2.75) is 30.7 Å². The zero-order valence-corrected chi connectivity index (χ0v) is 14.6. The summed E-state index contributed by atoms with van der Waals surface area (Å²) in [4.78, 5) is 12.2. The van der Waals surface area contributed by atoms with E-state index in [1.54, 1.807) is 37.3 Å². The summed E-state index contributed by atoms with van der Waals surface area (Å²) < 4.78 is 27.6. The minimum atomic E-state index is -3.79. The van der Waals surface area contributed by atoms with E-state index in [1.165, 1.54) is 12.1 Å². The number of anilines is 1. The number of hydrogen-bond acceptors (Lipinski definition) is 3. The van der Waals surface area contributed by atoms with Gasteiger partial charge in [-0.15, -0.1) is 0 Å². The molecule has 5 nitrogen and oxygen atoms in total. The van der Waals surface area contributed by atoms with E-state index in [9.17, 15) is 13.2 Å². The number of hydrogen-bond donors (Lipinski definition) is 2. The lowest BCUT2D eigenvalue weighted by atomic mass is 10.2. The lowest BCUT2D eigenvalue weighted by Gasteiger charge is -2.12. The van der Waals surface area contributed by atoms with Crippen molar-refractivity contribution in [1.82, 2.24) is 5.32 Å². The Morgan fingerprint density at radius 3 is 2.58 bits per heavy atom. The maximum absolute atomic E-state index is 12.6. The highest BCUT2D eigenvalue weighted by molar-refractivity contribution is 7.92. The van der Waals surface area contributed by atoms with E-state index in [0.717, 1.165) is 12.8 Å². The highest BCUT2D eigenvalue weighted by Gasteiger charge is 2.24. The molecule has 1 aliphatic carbocycles. The highest BCUT2D eigenvalue weighted by atomic mass is 35.5. The van der Waals surface area contributed by atoms with Gasteiger partial charge in [-0.25, -0.2) is 8.42 Å². The van der Waals surface area contributed by atoms with Crippen LogP contribution in [0.2, 0.25) is 5.02 Å². The van der Waals surface area contributed by atoms with Crippen molar-refractivity contribution in [3.05, 3.63) is 58.6 Å². The lowest BCUT2D eigenvalue weighted by Crippen LogP contribution is -2.25. The summed E-state index contributed by atoms with van der Waals surface area (Å²) in [5.41, 5.74) is 1.23. The average Bonchev–Trinajstić information content (AvgIpc) is 3.33. The van der Waals surface area contributed by atoms with E-state index >= 15 is 0 Å². The zero-order valence-electron chi connectivity index (χ0n) is 13.0. The van der Waals surface area contributed by atoms with E-state index in [-0.39, 0.29) is 16.8 Å². The Kier molecular flexibility index (Phi) is 4.51. The molecule has 2 aromatic rings. The number of sulfonamides is 1. The zero-order chi connectivity index (χ0) is 17.3. The van der Waals surface area contributed by atoms with Gasteiger partial charge in [0.15, 0.2) is 0 Å². The standard InChI is InChI=1S/C17H17ClN2O3S/c1-11-15(18)6-3-7-16(11)24(22,23)20-14-5-2-4-12(10-14)17(21)19-13-8-9-13/h2-7,10,13,20H,8-9H2,1H3,(H,19,21). The van der Waals surface area contributed by atoms with Crippen molar-refractivity contribution in [2.24, 2.45) is 0 Å². The number of nitrogens with one attached hydrogen (secondary N) is 2. The molecule has 0 atom stereocenters. The van der Waals surface area contributed by atoms with Gasteiger partial charge in [-0.1, -0.05) is 23.7 Å². The molecule has 0 aromatic heterocycles. The first-order valence-corrected chi connectivity index (χ1v) is 9.42. The first-order chi connectivity index (χ1) is 11.4. The molecule has 0 radical (unpaired) electrons. The summed E-state index contributed by atoms with van der Waals surface area (Å²) in [6.45, 7) is 1.65. The number of rotatable bonds is 5. The molecule has 1 aliphatic rings. The van der Waals surface area contributed by atoms with Gasteiger partial charge in [0.2, 0.25) is 0 Å². The molecular formula is C17H17ClN2O3S. The summed E-state index contributed by atoms with van der Waals surface area (Å²) in [6, 6.07) is 11.4. The molecule has 0 unspecified atom stereocenters. The first-order valence-electron chi connectivity index (χ1n) is 7.56. The van der Waals surface area contributed by atoms with Crippen LogP contribution >= 0.6 is 11.6 Å². The molecule has 3 rings (SSSR count). The molecule has 0 saturated heterocycles. The average molecular weight is 365 g/mol. The van der Waals surface area contributed by atoms with Gasteiger partial charge in [0.25, 0.3) is 15.9 Å². The van der Waals surface area contributed by atoms with Gasteiger partial charge in [0.1, 0.15) is 0 Å². The van der Waals surface area contributed by atoms with Crippen LogP contribution in [-0.2, 0) is 10.0 Å². The first kappa shape index (κ1) is 16.8. The number of amides is 1. The third-order valence-electron chi connectivity index (χ3n) is 3.80. The number of benzene rings is 2. The van der Waals surface area contributed by atoms with E-state index < -0.39 is 10.0 Å². The molecule has 126 valence electrons. The van der Waals surface area contributed by atoms with Crippen molar-refractivity contribution < 1.29 is 13.2 Å². The summed E-state index contributed by atoms with van der Waals surface area (Å²) in [5.74, 6) is -0.197. The molecule has 2 N–H and O–H groups in total. The van der Waals surface area contributed by atoms with Crippen molar-refractivity contribution in [2.75, 3.05) is 4.72 Å². The van der Waals surface area contributed by atoms with Crippen LogP contribution in [0.4, 0.5) is 5.69 Å². The van der Waals surface area contributed by atoms with Crippen LogP contribution in [0.5, 0.6) is 0 Å². The van der Waals surface area contributed by atoms with E-state index in [0.29, 0.717) is 21.8 Å². The Bertz CT molecular complexity index is 892. The van der Waals surface area contributed by atoms with Gasteiger partial charge in [0, 0.05) is 22.3 Å². The maximum atomic E-state index is 12.6. The minimum Gasteiger partial charge on any atom is -0.349 e. The molecule has 1 fully saturated rings. The number of carbonyl (C=O) groups is 1. The van der Waals surface area contributed by atoms with Crippen molar-refractivity contribution in [3.8, 4) is 0 Å². The quantitative estimate of drug-likeness (QED) is 0.854. The summed E-state index contributed by atoms with van der Waals surface area (Å²) >= 11 is 6.00. The monoisotopic (exact) mass is 364 g/mol. The van der Waals surface area contributed by atoms with Crippen molar-refractivity contribution in [3.63, 3.8) is 0 Å². The lowest BCUT2D eigenvalue weighted by molar-refractivity contribution is 0.0951. The van der Waals surface area contributed by atoms with Crippen LogP contribution in [0.15, 0.2) is 47.4 Å². The molecule has 0 spiro atoms. The minimum absolute atomic E-state index is 0.114. The molecule has 7 heteroatoms. The molecule has 2 aromatic carbocycles. The normalized spacial score (nSPS) is 14.2. The summed E-state index contributed by atoms with van der Waals surface area (Å²) in [5, 5.41) is 3.26. The van der Waals surface area contributed by atoms with Gasteiger partial charge in [-0.3, -0.25) is 9.52 Å². The molecule has 0 aliphatic heterocycles. The second-order valence-corrected chi connectivity index (χ2v) is 7.86. The number of halogens is 1. The number of carbonyl (C=O) groups excluding carboxylic acids is 1. The Morgan fingerprint density at radius 2 is 1.88 bits per heavy atom. The molecule has 1 amide bonds. The molecule has 0 bridgehead atoms. The van der Waals surface area contributed by atoms with Crippen LogP contribution in [0.3, 0.4) is 0 Å². The van der Waals surface area contributed by atoms with Gasteiger partial charge in [0.05, 0.1) is 4.90 Å². The Morgan fingerprint density at radius 1 is 1.17 bits per heavy atom. The van der Waals surface area contributed by atoms with Gasteiger partial charge < -0.3 is 5.32 Å². The van der Waals surface area contributed by atoms with E-state index in [2.05, 4.69) is 10.0 Å². The predicted molar refractivity (Wildman–Crippen MR) is 93.9 cm³/mol. The second kappa shape index (κ2) is 6.45. The smallest absolute Gasteiger partial charge is 0.262 e. The fourth-order valence-corrected chi connectivity index (χ4v) is 3.86. The fraction of sp³-hybridized carbons (Fsp3) is 0.235. The van der Waals surface area contributed by atoms with Crippen LogP contribution in [0.1, 0.15) is 28.8 Å². The third-order valence-corrected chi connectivity index (χ3v) is 5.73. The fourth-order valence-electron chi connectivity index (χ4n) is 2.31. The molecular weight excluding hydrogens is 348 g/mol. The van der Waals surface area contributed by atoms with Crippen LogP contribution in [0, 0.1) is 6.92 Å². The van der Waals surface area contributed by atoms with Gasteiger partial charge in [-0.05, 0) is 55.7 Å². The molecule has 24 heavy (non-hydrogen) atoms. The van der Waals surface area contributed by atoms with Gasteiger partial charge in [-0.2, -0.15) is 0 Å². The Hall–Kier alpha value is -2.05. The summed E-state index contributed by atoms with van der Waals surface area (Å²) in [7, 11) is -3.79. The van der Waals surface area contributed by atoms with Crippen molar-refractivity contribution in [1.29, 1.82) is 0 Å². The Balaban J connectivity index is 1.84. The largest absolute Gasteiger partial charge is 0.349 e. The van der Waals surface area contributed by atoms with E-state index in [1.807, 2.05) is 0 Å². The Labute approximate surface area is 146 Å². The SMILES string of the molecule is Cc1c(Cl)cccc1S(=O)(=O)Nc1cccc(C(=O)NC2CC2)c1. The van der Waals surface area contributed by atoms with E-state index in [4.69, 9.17) is 11.6 Å². The van der Waals surface area contributed by atoms with Crippen molar-refractivity contribution >= 4 is 33.2 Å². The molecule has 1 saturated carbocycles. The van der Waals surface area contributed by atoms with Crippen LogP contribution in [-0.4, -0.2) is 20.4 Å². The second-order valence-electron chi connectivity index (χ2n) is 5.80. The third kappa shape index (κ3) is 3.71. The molecule has 0 heterocycles. The van der Waals surface area contributed by atoms with Crippen LogP contribution < -0.4 is 10.0 Å². The highest BCUT2D eigenvalue weighted by Crippen LogP contribution is 2.25.